The minimum Gasteiger partial charge on any atom is -0.458 e. The topological polar surface area (TPSA) is 12.5 Å². The van der Waals surface area contributed by atoms with Gasteiger partial charge in [-0.1, -0.05) is 156 Å². The SMILES string of the molecule is CC(C)c1cc(C(C)C)c(B2c3ccccc3Oc3cc(N4C5=C(CCC=C5)C5(c6ccccc6Cc6ccccc65)c5ccccc54)ccc32)c(C(C)C)c1. The lowest BCUT2D eigenvalue weighted by Crippen LogP contribution is -2.57. The van der Waals surface area contributed by atoms with E-state index in [1.54, 1.807) is 0 Å². The Bertz CT molecular complexity index is 2530. The molecule has 1 spiro atoms. The van der Waals surface area contributed by atoms with Gasteiger partial charge in [0.15, 0.2) is 0 Å². The summed E-state index contributed by atoms with van der Waals surface area (Å²) >= 11 is 0. The fourth-order valence-electron chi connectivity index (χ4n) is 10.6. The molecular weight excluding hydrogens is 677 g/mol. The van der Waals surface area contributed by atoms with Crippen molar-refractivity contribution in [1.29, 1.82) is 0 Å². The molecule has 4 aliphatic rings. The maximum absolute atomic E-state index is 6.99. The Morgan fingerprint density at radius 3 is 1.89 bits per heavy atom. The van der Waals surface area contributed by atoms with Gasteiger partial charge in [-0.15, -0.1) is 0 Å². The first-order chi connectivity index (χ1) is 27.3. The molecular formula is C53H50BNO. The number of allylic oxidation sites excluding steroid dienone is 3. The van der Waals surface area contributed by atoms with Crippen LogP contribution in [0.1, 0.15) is 117 Å². The number of anilines is 2. The highest BCUT2D eigenvalue weighted by molar-refractivity contribution is 6.97. The highest BCUT2D eigenvalue weighted by atomic mass is 16.5. The van der Waals surface area contributed by atoms with E-state index < -0.39 is 0 Å². The Morgan fingerprint density at radius 1 is 0.607 bits per heavy atom. The van der Waals surface area contributed by atoms with Crippen LogP contribution in [0, 0.1) is 0 Å². The van der Waals surface area contributed by atoms with E-state index in [1.807, 2.05) is 0 Å². The van der Waals surface area contributed by atoms with Gasteiger partial charge in [0.1, 0.15) is 11.5 Å². The third-order valence-electron chi connectivity index (χ3n) is 13.1. The smallest absolute Gasteiger partial charge is 0.251 e. The van der Waals surface area contributed by atoms with Gasteiger partial charge in [0, 0.05) is 17.5 Å². The normalized spacial score (nSPS) is 16.0. The summed E-state index contributed by atoms with van der Waals surface area (Å²) in [6.07, 6.45) is 7.75. The molecule has 0 aromatic heterocycles. The van der Waals surface area contributed by atoms with Crippen LogP contribution in [0.2, 0.25) is 0 Å². The van der Waals surface area contributed by atoms with Crippen LogP contribution in [0.15, 0.2) is 151 Å². The Labute approximate surface area is 333 Å². The summed E-state index contributed by atoms with van der Waals surface area (Å²) in [5, 5.41) is 0. The van der Waals surface area contributed by atoms with E-state index in [0.717, 1.165) is 36.4 Å². The van der Waals surface area contributed by atoms with Crippen LogP contribution in [0.5, 0.6) is 11.5 Å². The molecule has 10 rings (SSSR count). The van der Waals surface area contributed by atoms with E-state index in [0.29, 0.717) is 17.8 Å². The third-order valence-corrected chi connectivity index (χ3v) is 13.1. The van der Waals surface area contributed by atoms with Crippen LogP contribution in [-0.4, -0.2) is 6.71 Å². The number of hydrogen-bond acceptors (Lipinski definition) is 2. The monoisotopic (exact) mass is 727 g/mol. The first kappa shape index (κ1) is 34.9. The molecule has 0 unspecified atom stereocenters. The first-order valence-electron chi connectivity index (χ1n) is 20.8. The molecule has 0 amide bonds. The lowest BCUT2D eigenvalue weighted by atomic mass is 9.34. The Morgan fingerprint density at radius 2 is 1.21 bits per heavy atom. The number of hydrogen-bond donors (Lipinski definition) is 0. The minimum absolute atomic E-state index is 0.0662. The molecule has 2 aliphatic carbocycles. The summed E-state index contributed by atoms with van der Waals surface area (Å²) in [5.74, 6) is 3.12. The number of ether oxygens (including phenoxy) is 1. The van der Waals surface area contributed by atoms with E-state index in [2.05, 4.69) is 186 Å². The predicted octanol–water partition coefficient (Wildman–Crippen LogP) is 11.7. The molecule has 276 valence electrons. The Balaban J connectivity index is 1.21. The molecule has 2 heterocycles. The van der Waals surface area contributed by atoms with Crippen LogP contribution >= 0.6 is 0 Å². The number of rotatable bonds is 5. The zero-order chi connectivity index (χ0) is 38.3. The second kappa shape index (κ2) is 13.3. The van der Waals surface area contributed by atoms with Crippen molar-refractivity contribution in [3.8, 4) is 11.5 Å². The lowest BCUT2D eigenvalue weighted by Gasteiger charge is -2.51. The number of fused-ring (bicyclic) bond motifs is 9. The van der Waals surface area contributed by atoms with Crippen LogP contribution in [0.4, 0.5) is 11.4 Å². The van der Waals surface area contributed by atoms with Crippen molar-refractivity contribution in [1.82, 2.24) is 0 Å². The van der Waals surface area contributed by atoms with E-state index >= 15 is 0 Å². The third kappa shape index (κ3) is 5.09. The van der Waals surface area contributed by atoms with E-state index in [1.165, 1.54) is 77.9 Å². The average molecular weight is 728 g/mol. The van der Waals surface area contributed by atoms with Crippen molar-refractivity contribution in [2.75, 3.05) is 4.90 Å². The van der Waals surface area contributed by atoms with Gasteiger partial charge in [-0.25, -0.2) is 0 Å². The molecule has 0 N–H and O–H groups in total. The molecule has 6 aromatic carbocycles. The summed E-state index contributed by atoms with van der Waals surface area (Å²) in [7, 11) is 0. The fraction of sp³-hybridized carbons (Fsp3) is 0.245. The summed E-state index contributed by atoms with van der Waals surface area (Å²) < 4.78 is 6.99. The van der Waals surface area contributed by atoms with Gasteiger partial charge in [0.2, 0.25) is 0 Å². The van der Waals surface area contributed by atoms with E-state index in [-0.39, 0.29) is 12.1 Å². The maximum Gasteiger partial charge on any atom is 0.251 e. The molecule has 2 nitrogen and oxygen atoms in total. The average Bonchev–Trinajstić information content (AvgIpc) is 3.22. The van der Waals surface area contributed by atoms with E-state index in [9.17, 15) is 0 Å². The van der Waals surface area contributed by atoms with Crippen molar-refractivity contribution >= 4 is 34.5 Å². The van der Waals surface area contributed by atoms with Gasteiger partial charge < -0.3 is 9.64 Å². The summed E-state index contributed by atoms with van der Waals surface area (Å²) in [5.41, 5.74) is 20.0. The van der Waals surface area contributed by atoms with Crippen molar-refractivity contribution in [2.45, 2.75) is 84.0 Å². The minimum atomic E-state index is -0.365. The number of nitrogens with zero attached hydrogens (tertiary/aromatic N) is 1. The van der Waals surface area contributed by atoms with Gasteiger partial charge in [-0.2, -0.15) is 0 Å². The van der Waals surface area contributed by atoms with Gasteiger partial charge in [-0.3, -0.25) is 0 Å². The molecule has 6 aromatic rings. The highest BCUT2D eigenvalue weighted by Gasteiger charge is 2.51. The van der Waals surface area contributed by atoms with Crippen molar-refractivity contribution in [3.05, 3.63) is 195 Å². The zero-order valence-electron chi connectivity index (χ0n) is 33.6. The van der Waals surface area contributed by atoms with E-state index in [4.69, 9.17) is 4.74 Å². The lowest BCUT2D eigenvalue weighted by molar-refractivity contribution is 0.487. The van der Waals surface area contributed by atoms with Gasteiger partial charge >= 0.3 is 0 Å². The maximum atomic E-state index is 6.99. The second-order valence-electron chi connectivity index (χ2n) is 17.3. The summed E-state index contributed by atoms with van der Waals surface area (Å²) in [4.78, 5) is 2.53. The predicted molar refractivity (Wildman–Crippen MR) is 236 cm³/mol. The Hall–Kier alpha value is -5.54. The largest absolute Gasteiger partial charge is 0.458 e. The van der Waals surface area contributed by atoms with Gasteiger partial charge in [-0.05, 0) is 122 Å². The number of benzene rings is 6. The standard InChI is InChI=1S/C53H50BNO/c1-33(2)38-30-40(34(3)4)52(41(31-38)35(5)6)54-46-23-13-16-26-50(46)56-51-32-39(27-28-47(51)54)55-48-24-14-11-21-44(48)53(45-22-12-15-25-49(45)55)42-19-9-7-17-36(42)29-37-18-8-10-20-43(37)53/h7-11,13-21,23-28,30-35H,12,22,29H2,1-6H3. The quantitative estimate of drug-likeness (QED) is 0.164. The molecule has 0 fully saturated rings. The summed E-state index contributed by atoms with van der Waals surface area (Å²) in [6.45, 7) is 14.1. The first-order valence-corrected chi connectivity index (χ1v) is 20.8. The van der Waals surface area contributed by atoms with Crippen LogP contribution in [-0.2, 0) is 11.8 Å². The second-order valence-corrected chi connectivity index (χ2v) is 17.3. The number of para-hydroxylation sites is 2. The van der Waals surface area contributed by atoms with Crippen molar-refractivity contribution in [2.24, 2.45) is 0 Å². The van der Waals surface area contributed by atoms with Crippen LogP contribution in [0.3, 0.4) is 0 Å². The molecule has 2 aliphatic heterocycles. The molecule has 56 heavy (non-hydrogen) atoms. The summed E-state index contributed by atoms with van der Waals surface area (Å²) in [6, 6.07) is 48.4. The molecule has 0 saturated carbocycles. The van der Waals surface area contributed by atoms with Crippen LogP contribution < -0.4 is 26.0 Å². The molecule has 0 saturated heterocycles. The molecule has 0 radical (unpaired) electrons. The highest BCUT2D eigenvalue weighted by Crippen LogP contribution is 2.60. The van der Waals surface area contributed by atoms with Crippen molar-refractivity contribution < 1.29 is 4.74 Å². The van der Waals surface area contributed by atoms with Gasteiger partial charge in [0.25, 0.3) is 6.71 Å². The fourth-order valence-corrected chi connectivity index (χ4v) is 10.6. The van der Waals surface area contributed by atoms with Gasteiger partial charge in [0.05, 0.1) is 11.1 Å². The molecule has 0 atom stereocenters. The van der Waals surface area contributed by atoms with Crippen molar-refractivity contribution in [3.63, 3.8) is 0 Å². The molecule has 3 heteroatoms. The Kier molecular flexibility index (Phi) is 8.29. The van der Waals surface area contributed by atoms with Crippen LogP contribution in [0.25, 0.3) is 0 Å². The zero-order valence-corrected chi connectivity index (χ0v) is 33.6. The molecule has 0 bridgehead atoms.